The van der Waals surface area contributed by atoms with E-state index in [2.05, 4.69) is 0 Å². The van der Waals surface area contributed by atoms with Crippen molar-refractivity contribution in [2.45, 2.75) is 19.0 Å². The van der Waals surface area contributed by atoms with E-state index in [4.69, 9.17) is 4.74 Å². The second kappa shape index (κ2) is 5.92. The van der Waals surface area contributed by atoms with Gasteiger partial charge >= 0.3 is 5.97 Å². The van der Waals surface area contributed by atoms with Gasteiger partial charge in [0.1, 0.15) is 17.5 Å². The Morgan fingerprint density at radius 1 is 1.21 bits per heavy atom. The Morgan fingerprint density at radius 2 is 1.88 bits per heavy atom. The van der Waals surface area contributed by atoms with Crippen LogP contribution in [0.3, 0.4) is 0 Å². The molecule has 2 aromatic carbocycles. The molecule has 6 heteroatoms. The third-order valence-electron chi connectivity index (χ3n) is 4.13. The van der Waals surface area contributed by atoms with Crippen LogP contribution >= 0.6 is 0 Å². The maximum Gasteiger partial charge on any atom is 0.312 e. The van der Waals surface area contributed by atoms with Crippen LogP contribution in [0.1, 0.15) is 18.9 Å². The van der Waals surface area contributed by atoms with Gasteiger partial charge in [-0.1, -0.05) is 12.1 Å². The van der Waals surface area contributed by atoms with Gasteiger partial charge in [-0.25, -0.2) is 17.6 Å². The van der Waals surface area contributed by atoms with Crippen molar-refractivity contribution in [3.63, 3.8) is 0 Å². The summed E-state index contributed by atoms with van der Waals surface area (Å²) in [5.74, 6) is -4.40. The summed E-state index contributed by atoms with van der Waals surface area (Å²) >= 11 is 0. The summed E-state index contributed by atoms with van der Waals surface area (Å²) in [6.45, 7) is 1.70. The molecule has 2 aromatic rings. The monoisotopic (exact) mass is 338 g/mol. The lowest BCUT2D eigenvalue weighted by Gasteiger charge is -2.15. The third kappa shape index (κ3) is 2.66. The van der Waals surface area contributed by atoms with Crippen molar-refractivity contribution in [2.24, 2.45) is 5.92 Å². The number of esters is 1. The number of carbonyl (C=O) groups excluding carboxylic acids is 1. The normalized spacial score (nSPS) is 22.3. The van der Waals surface area contributed by atoms with Crippen LogP contribution in [0.2, 0.25) is 0 Å². The Labute approximate surface area is 136 Å². The Bertz CT molecular complexity index is 785. The van der Waals surface area contributed by atoms with Crippen LogP contribution in [-0.2, 0) is 15.2 Å². The van der Waals surface area contributed by atoms with Gasteiger partial charge in [-0.3, -0.25) is 4.79 Å². The topological polar surface area (TPSA) is 26.3 Å². The lowest BCUT2D eigenvalue weighted by Crippen LogP contribution is -2.15. The molecule has 2 unspecified atom stereocenters. The van der Waals surface area contributed by atoms with Gasteiger partial charge < -0.3 is 4.74 Å². The van der Waals surface area contributed by atoms with Crippen molar-refractivity contribution in [2.75, 3.05) is 6.61 Å². The molecule has 126 valence electrons. The van der Waals surface area contributed by atoms with Crippen molar-refractivity contribution < 1.29 is 27.1 Å². The molecule has 0 saturated heterocycles. The number of alkyl halides is 1. The molecule has 0 aliphatic heterocycles. The molecule has 0 radical (unpaired) electrons. The van der Waals surface area contributed by atoms with Gasteiger partial charge in [-0.15, -0.1) is 0 Å². The van der Waals surface area contributed by atoms with Crippen LogP contribution < -0.4 is 0 Å². The van der Waals surface area contributed by atoms with Gasteiger partial charge in [0.05, 0.1) is 18.1 Å². The molecule has 2 nitrogen and oxygen atoms in total. The first kappa shape index (κ1) is 16.5. The minimum atomic E-state index is -2.12. The first-order chi connectivity index (χ1) is 11.4. The van der Waals surface area contributed by atoms with Gasteiger partial charge in [-0.05, 0) is 42.3 Å². The lowest BCUT2D eigenvalue weighted by atomic mass is 9.93. The van der Waals surface area contributed by atoms with Crippen molar-refractivity contribution in [1.82, 2.24) is 0 Å². The fourth-order valence-electron chi connectivity index (χ4n) is 2.89. The summed E-state index contributed by atoms with van der Waals surface area (Å²) in [6, 6.07) is 6.17. The van der Waals surface area contributed by atoms with Crippen LogP contribution in [0, 0.1) is 23.4 Å². The van der Waals surface area contributed by atoms with E-state index in [-0.39, 0.29) is 24.2 Å². The van der Waals surface area contributed by atoms with E-state index in [0.29, 0.717) is 0 Å². The highest BCUT2D eigenvalue weighted by atomic mass is 19.2. The molecular weight excluding hydrogens is 324 g/mol. The van der Waals surface area contributed by atoms with Crippen LogP contribution in [0.5, 0.6) is 0 Å². The molecular formula is C18H14F4O2. The summed E-state index contributed by atoms with van der Waals surface area (Å²) in [6.07, 6.45) is -0.166. The van der Waals surface area contributed by atoms with Crippen LogP contribution in [0.15, 0.2) is 36.4 Å². The predicted molar refractivity (Wildman–Crippen MR) is 79.3 cm³/mol. The summed E-state index contributed by atoms with van der Waals surface area (Å²) in [5.41, 5.74) is -2.99. The zero-order chi connectivity index (χ0) is 17.5. The standard InChI is InChI=1S/C18H14F4O2/c1-2-24-17(23)13-9-18(13,22)12-7-6-10(19)8-11(12)16-14(20)4-3-5-15(16)21/h3-8,13H,2,9H2,1H3. The number of carbonyl (C=O) groups is 1. The van der Waals surface area contributed by atoms with Crippen molar-refractivity contribution >= 4 is 5.97 Å². The van der Waals surface area contributed by atoms with E-state index in [0.717, 1.165) is 36.4 Å². The van der Waals surface area contributed by atoms with Crippen LogP contribution in [-0.4, -0.2) is 12.6 Å². The summed E-state index contributed by atoms with van der Waals surface area (Å²) in [5, 5.41) is 0. The maximum absolute atomic E-state index is 15.1. The second-order valence-electron chi connectivity index (χ2n) is 5.66. The van der Waals surface area contributed by atoms with Gasteiger partial charge in [-0.2, -0.15) is 0 Å². The third-order valence-corrected chi connectivity index (χ3v) is 4.13. The number of benzene rings is 2. The molecule has 24 heavy (non-hydrogen) atoms. The number of rotatable bonds is 4. The van der Waals surface area contributed by atoms with Gasteiger partial charge in [0.15, 0.2) is 5.67 Å². The number of hydrogen-bond donors (Lipinski definition) is 0. The highest BCUT2D eigenvalue weighted by Gasteiger charge is 2.62. The van der Waals surface area contributed by atoms with Crippen molar-refractivity contribution in [3.05, 3.63) is 59.4 Å². The molecule has 0 amide bonds. The summed E-state index contributed by atoms with van der Waals surface area (Å²) in [4.78, 5) is 11.8. The molecule has 3 rings (SSSR count). The highest BCUT2D eigenvalue weighted by molar-refractivity contribution is 5.81. The Hall–Kier alpha value is -2.37. The average Bonchev–Trinajstić information content (AvgIpc) is 3.20. The minimum Gasteiger partial charge on any atom is -0.466 e. The molecule has 1 aliphatic rings. The molecule has 0 aromatic heterocycles. The van der Waals surface area contributed by atoms with Crippen molar-refractivity contribution in [1.29, 1.82) is 0 Å². The Balaban J connectivity index is 2.10. The van der Waals surface area contributed by atoms with Gasteiger partial charge in [0, 0.05) is 6.42 Å². The summed E-state index contributed by atoms with van der Waals surface area (Å²) in [7, 11) is 0. The SMILES string of the molecule is CCOC(=O)C1CC1(F)c1ccc(F)cc1-c1c(F)cccc1F. The summed E-state index contributed by atoms with van der Waals surface area (Å²) < 4.78 is 61.7. The van der Waals surface area contributed by atoms with Gasteiger partial charge in [0.2, 0.25) is 0 Å². The molecule has 1 aliphatic carbocycles. The molecule has 0 spiro atoms. The highest BCUT2D eigenvalue weighted by Crippen LogP contribution is 2.58. The molecule has 1 saturated carbocycles. The second-order valence-corrected chi connectivity index (χ2v) is 5.66. The average molecular weight is 338 g/mol. The Morgan fingerprint density at radius 3 is 2.50 bits per heavy atom. The van der Waals surface area contributed by atoms with E-state index >= 15 is 4.39 Å². The van der Waals surface area contributed by atoms with E-state index in [1.165, 1.54) is 0 Å². The minimum absolute atomic E-state index is 0.101. The smallest absolute Gasteiger partial charge is 0.312 e. The fraction of sp³-hybridized carbons (Fsp3) is 0.278. The zero-order valence-electron chi connectivity index (χ0n) is 12.8. The van der Waals surface area contributed by atoms with Crippen LogP contribution in [0.4, 0.5) is 17.6 Å². The molecule has 1 fully saturated rings. The van der Waals surface area contributed by atoms with Crippen LogP contribution in [0.25, 0.3) is 11.1 Å². The zero-order valence-corrected chi connectivity index (χ0v) is 12.8. The first-order valence-electron chi connectivity index (χ1n) is 7.48. The van der Waals surface area contributed by atoms with E-state index in [1.54, 1.807) is 6.92 Å². The number of halogens is 4. The van der Waals surface area contributed by atoms with Crippen molar-refractivity contribution in [3.8, 4) is 11.1 Å². The maximum atomic E-state index is 15.1. The predicted octanol–water partition coefficient (Wildman–Crippen LogP) is 4.52. The molecule has 0 N–H and O–H groups in total. The van der Waals surface area contributed by atoms with E-state index in [9.17, 15) is 18.0 Å². The van der Waals surface area contributed by atoms with Gasteiger partial charge in [0.25, 0.3) is 0 Å². The largest absolute Gasteiger partial charge is 0.466 e. The number of ether oxygens (including phenoxy) is 1. The number of hydrogen-bond acceptors (Lipinski definition) is 2. The molecule has 0 bridgehead atoms. The molecule has 2 atom stereocenters. The van der Waals surface area contributed by atoms with E-state index < -0.39 is 40.6 Å². The first-order valence-corrected chi connectivity index (χ1v) is 7.48. The quantitative estimate of drug-likeness (QED) is 0.605. The van der Waals surface area contributed by atoms with E-state index in [1.807, 2.05) is 0 Å². The Kier molecular flexibility index (Phi) is 4.07. The lowest BCUT2D eigenvalue weighted by molar-refractivity contribution is -0.145. The fourth-order valence-corrected chi connectivity index (χ4v) is 2.89. The molecule has 0 heterocycles.